The Labute approximate surface area is 152 Å². The highest BCUT2D eigenvalue weighted by Crippen LogP contribution is 2.27. The van der Waals surface area contributed by atoms with E-state index in [4.69, 9.17) is 5.11 Å². The summed E-state index contributed by atoms with van der Waals surface area (Å²) in [5, 5.41) is 11.9. The fourth-order valence-corrected chi connectivity index (χ4v) is 4.00. The van der Waals surface area contributed by atoms with Gasteiger partial charge in [-0.05, 0) is 66.4 Å². The molecule has 0 radical (unpaired) electrons. The standard InChI is InChI=1S/C16H20Br2N2O3/c1-10(20-6-2-3-11(9-20)7-15(21)22)16(23)19-14-5-4-12(17)8-13(14)18/h4-5,8,10-11H,2-3,6-7,9H2,1H3,(H,19,23)(H,21,22). The van der Waals surface area contributed by atoms with Crippen molar-refractivity contribution in [1.82, 2.24) is 4.90 Å². The van der Waals surface area contributed by atoms with E-state index in [0.29, 0.717) is 6.54 Å². The number of likely N-dealkylation sites (tertiary alicyclic amines) is 1. The van der Waals surface area contributed by atoms with Gasteiger partial charge in [-0.1, -0.05) is 15.9 Å². The van der Waals surface area contributed by atoms with Gasteiger partial charge in [0.05, 0.1) is 11.7 Å². The van der Waals surface area contributed by atoms with Crippen LogP contribution in [0.3, 0.4) is 0 Å². The number of piperidine rings is 1. The molecule has 1 heterocycles. The van der Waals surface area contributed by atoms with Gasteiger partial charge < -0.3 is 10.4 Å². The molecule has 2 atom stereocenters. The highest BCUT2D eigenvalue weighted by molar-refractivity contribution is 9.11. The van der Waals surface area contributed by atoms with Crippen molar-refractivity contribution >= 4 is 49.4 Å². The largest absolute Gasteiger partial charge is 0.481 e. The molecule has 1 aliphatic heterocycles. The van der Waals surface area contributed by atoms with Crippen LogP contribution in [0.4, 0.5) is 5.69 Å². The number of nitrogens with one attached hydrogen (secondary N) is 1. The number of anilines is 1. The molecule has 0 bridgehead atoms. The van der Waals surface area contributed by atoms with Crippen LogP contribution in [0.15, 0.2) is 27.1 Å². The van der Waals surface area contributed by atoms with Crippen LogP contribution in [0, 0.1) is 5.92 Å². The second kappa shape index (κ2) is 8.26. The molecule has 23 heavy (non-hydrogen) atoms. The smallest absolute Gasteiger partial charge is 0.303 e. The zero-order valence-corrected chi connectivity index (χ0v) is 16.1. The minimum absolute atomic E-state index is 0.0796. The van der Waals surface area contributed by atoms with Gasteiger partial charge in [-0.2, -0.15) is 0 Å². The number of halogens is 2. The molecule has 1 aromatic carbocycles. The van der Waals surface area contributed by atoms with Gasteiger partial charge in [0.1, 0.15) is 0 Å². The molecule has 2 unspecified atom stereocenters. The minimum Gasteiger partial charge on any atom is -0.481 e. The molecular formula is C16H20Br2N2O3. The van der Waals surface area contributed by atoms with Crippen molar-refractivity contribution in [3.63, 3.8) is 0 Å². The Bertz CT molecular complexity index is 595. The number of carbonyl (C=O) groups excluding carboxylic acids is 1. The van der Waals surface area contributed by atoms with Crippen LogP contribution in [0.25, 0.3) is 0 Å². The zero-order valence-electron chi connectivity index (χ0n) is 12.9. The first-order valence-corrected chi connectivity index (χ1v) is 9.17. The Morgan fingerprint density at radius 1 is 1.43 bits per heavy atom. The number of benzene rings is 1. The summed E-state index contributed by atoms with van der Waals surface area (Å²) in [6.45, 7) is 3.35. The quantitative estimate of drug-likeness (QED) is 0.721. The average Bonchev–Trinajstić information content (AvgIpc) is 2.49. The molecule has 0 spiro atoms. The second-order valence-electron chi connectivity index (χ2n) is 5.89. The summed E-state index contributed by atoms with van der Waals surface area (Å²) >= 11 is 6.82. The van der Waals surface area contributed by atoms with Crippen molar-refractivity contribution in [2.24, 2.45) is 5.92 Å². The molecule has 1 fully saturated rings. The minimum atomic E-state index is -0.771. The summed E-state index contributed by atoms with van der Waals surface area (Å²) in [4.78, 5) is 25.4. The maximum Gasteiger partial charge on any atom is 0.303 e. The van der Waals surface area contributed by atoms with E-state index in [1.54, 1.807) is 0 Å². The van der Waals surface area contributed by atoms with Gasteiger partial charge in [0.2, 0.25) is 5.91 Å². The maximum absolute atomic E-state index is 12.5. The molecule has 5 nitrogen and oxygen atoms in total. The van der Waals surface area contributed by atoms with Crippen LogP contribution in [0.5, 0.6) is 0 Å². The molecule has 1 aromatic rings. The number of carboxylic acids is 1. The van der Waals surface area contributed by atoms with Crippen LogP contribution in [0.2, 0.25) is 0 Å². The molecule has 0 aromatic heterocycles. The lowest BCUT2D eigenvalue weighted by Crippen LogP contribution is -2.47. The molecule has 2 rings (SSSR count). The van der Waals surface area contributed by atoms with E-state index in [1.165, 1.54) is 0 Å². The van der Waals surface area contributed by atoms with Crippen LogP contribution >= 0.6 is 31.9 Å². The monoisotopic (exact) mass is 446 g/mol. The van der Waals surface area contributed by atoms with E-state index in [9.17, 15) is 9.59 Å². The van der Waals surface area contributed by atoms with Crippen LogP contribution in [0.1, 0.15) is 26.2 Å². The molecule has 126 valence electrons. The lowest BCUT2D eigenvalue weighted by atomic mass is 9.94. The van der Waals surface area contributed by atoms with Crippen molar-refractivity contribution in [2.45, 2.75) is 32.2 Å². The SMILES string of the molecule is CC(C(=O)Nc1ccc(Br)cc1Br)N1CCCC(CC(=O)O)C1. The summed E-state index contributed by atoms with van der Waals surface area (Å²) < 4.78 is 1.75. The Balaban J connectivity index is 1.97. The summed E-state index contributed by atoms with van der Waals surface area (Å²) in [6.07, 6.45) is 2.01. The predicted octanol–water partition coefficient (Wildman–Crippen LogP) is 3.73. The van der Waals surface area contributed by atoms with Gasteiger partial charge in [-0.15, -0.1) is 0 Å². The third-order valence-electron chi connectivity index (χ3n) is 4.13. The lowest BCUT2D eigenvalue weighted by molar-refractivity contribution is -0.138. The maximum atomic E-state index is 12.5. The van der Waals surface area contributed by atoms with Crippen molar-refractivity contribution in [2.75, 3.05) is 18.4 Å². The number of amides is 1. The van der Waals surface area contributed by atoms with E-state index in [-0.39, 0.29) is 24.3 Å². The highest BCUT2D eigenvalue weighted by atomic mass is 79.9. The number of hydrogen-bond donors (Lipinski definition) is 2. The molecule has 1 saturated heterocycles. The summed E-state index contributed by atoms with van der Waals surface area (Å²) in [6, 6.07) is 5.29. The van der Waals surface area contributed by atoms with E-state index in [0.717, 1.165) is 34.0 Å². The normalized spacial score (nSPS) is 20.0. The fourth-order valence-electron chi connectivity index (χ4n) is 2.86. The third-order valence-corrected chi connectivity index (χ3v) is 5.28. The Kier molecular flexibility index (Phi) is 6.61. The summed E-state index contributed by atoms with van der Waals surface area (Å²) in [7, 11) is 0. The third kappa shape index (κ3) is 5.29. The Hall–Kier alpha value is -0.920. The molecule has 7 heteroatoms. The summed E-state index contributed by atoms with van der Waals surface area (Å²) in [5.74, 6) is -0.729. The van der Waals surface area contributed by atoms with Crippen LogP contribution in [-0.4, -0.2) is 41.0 Å². The Morgan fingerprint density at radius 3 is 2.83 bits per heavy atom. The van der Waals surface area contributed by atoms with E-state index in [1.807, 2.05) is 25.1 Å². The molecule has 2 N–H and O–H groups in total. The van der Waals surface area contributed by atoms with Crippen molar-refractivity contribution in [3.05, 3.63) is 27.1 Å². The number of carbonyl (C=O) groups is 2. The second-order valence-corrected chi connectivity index (χ2v) is 7.66. The number of carboxylic acid groups (broad SMARTS) is 1. The van der Waals surface area contributed by atoms with E-state index in [2.05, 4.69) is 42.1 Å². The number of rotatable bonds is 5. The van der Waals surface area contributed by atoms with Gasteiger partial charge in [0, 0.05) is 21.9 Å². The van der Waals surface area contributed by atoms with Crippen molar-refractivity contribution < 1.29 is 14.7 Å². The van der Waals surface area contributed by atoms with Gasteiger partial charge in [-0.25, -0.2) is 0 Å². The van der Waals surface area contributed by atoms with Crippen molar-refractivity contribution in [3.8, 4) is 0 Å². The van der Waals surface area contributed by atoms with Crippen LogP contribution < -0.4 is 5.32 Å². The first kappa shape index (κ1) is 18.4. The zero-order chi connectivity index (χ0) is 17.0. The molecule has 1 aliphatic rings. The number of hydrogen-bond acceptors (Lipinski definition) is 3. The first-order chi connectivity index (χ1) is 10.9. The topological polar surface area (TPSA) is 69.6 Å². The summed E-state index contributed by atoms with van der Waals surface area (Å²) in [5.41, 5.74) is 0.726. The molecule has 1 amide bonds. The fraction of sp³-hybridized carbons (Fsp3) is 0.500. The first-order valence-electron chi connectivity index (χ1n) is 7.58. The molecule has 0 saturated carbocycles. The van der Waals surface area contributed by atoms with Gasteiger partial charge in [-0.3, -0.25) is 14.5 Å². The highest BCUT2D eigenvalue weighted by Gasteiger charge is 2.28. The van der Waals surface area contributed by atoms with Crippen LogP contribution in [-0.2, 0) is 9.59 Å². The molecular weight excluding hydrogens is 428 g/mol. The lowest BCUT2D eigenvalue weighted by Gasteiger charge is -2.35. The Morgan fingerprint density at radius 2 is 2.17 bits per heavy atom. The number of aliphatic carboxylic acids is 1. The predicted molar refractivity (Wildman–Crippen MR) is 96.5 cm³/mol. The van der Waals surface area contributed by atoms with E-state index >= 15 is 0 Å². The van der Waals surface area contributed by atoms with E-state index < -0.39 is 5.97 Å². The average molecular weight is 448 g/mol. The van der Waals surface area contributed by atoms with Gasteiger partial charge in [0.15, 0.2) is 0 Å². The molecule has 0 aliphatic carbocycles. The van der Waals surface area contributed by atoms with Gasteiger partial charge >= 0.3 is 5.97 Å². The van der Waals surface area contributed by atoms with Gasteiger partial charge in [0.25, 0.3) is 0 Å². The number of nitrogens with zero attached hydrogens (tertiary/aromatic N) is 1. The van der Waals surface area contributed by atoms with Crippen molar-refractivity contribution in [1.29, 1.82) is 0 Å².